The zero-order valence-corrected chi connectivity index (χ0v) is 16.5. The first-order chi connectivity index (χ1) is 13.4. The summed E-state index contributed by atoms with van der Waals surface area (Å²) in [6.45, 7) is 6.31. The Kier molecular flexibility index (Phi) is 5.84. The van der Waals surface area contributed by atoms with E-state index in [0.29, 0.717) is 25.0 Å². The standard InChI is InChI=1S/C21H23N3O3S/c1-3-12-22-21(25)23-13-10-17-6-7-18-11-14-24(20(18)15-17)28(26,27)19-8-4-16(2)5-9-19/h3-9,11,14-15H,1,10,12-13H2,2H3,(H2,22,23,25). The lowest BCUT2D eigenvalue weighted by Crippen LogP contribution is -2.36. The molecule has 0 spiro atoms. The van der Waals surface area contributed by atoms with Crippen LogP contribution >= 0.6 is 0 Å². The number of hydrogen-bond acceptors (Lipinski definition) is 3. The van der Waals surface area contributed by atoms with Crippen LogP contribution in [-0.2, 0) is 16.4 Å². The second-order valence-corrected chi connectivity index (χ2v) is 8.31. The van der Waals surface area contributed by atoms with E-state index < -0.39 is 10.0 Å². The van der Waals surface area contributed by atoms with Crippen LogP contribution in [0.5, 0.6) is 0 Å². The highest BCUT2D eigenvalue weighted by molar-refractivity contribution is 7.90. The van der Waals surface area contributed by atoms with E-state index in [0.717, 1.165) is 16.5 Å². The third-order valence-electron chi connectivity index (χ3n) is 4.41. The number of hydrogen-bond donors (Lipinski definition) is 2. The summed E-state index contributed by atoms with van der Waals surface area (Å²) < 4.78 is 27.4. The molecule has 0 unspecified atom stereocenters. The number of fused-ring (bicyclic) bond motifs is 1. The van der Waals surface area contributed by atoms with Gasteiger partial charge in [0.2, 0.25) is 0 Å². The summed E-state index contributed by atoms with van der Waals surface area (Å²) in [7, 11) is -3.67. The first-order valence-electron chi connectivity index (χ1n) is 8.96. The maximum Gasteiger partial charge on any atom is 0.315 e. The quantitative estimate of drug-likeness (QED) is 0.601. The van der Waals surface area contributed by atoms with Gasteiger partial charge in [-0.05, 0) is 43.2 Å². The molecule has 1 aromatic heterocycles. The Bertz CT molecular complexity index is 1100. The molecular weight excluding hydrogens is 374 g/mol. The van der Waals surface area contributed by atoms with Gasteiger partial charge in [-0.3, -0.25) is 0 Å². The summed E-state index contributed by atoms with van der Waals surface area (Å²) in [6.07, 6.45) is 3.77. The van der Waals surface area contributed by atoms with Crippen molar-refractivity contribution in [2.24, 2.45) is 0 Å². The maximum absolute atomic E-state index is 13.0. The van der Waals surface area contributed by atoms with E-state index in [2.05, 4.69) is 17.2 Å². The number of rotatable bonds is 7. The molecule has 2 aromatic carbocycles. The fourth-order valence-electron chi connectivity index (χ4n) is 2.89. The number of benzene rings is 2. The molecule has 0 atom stereocenters. The lowest BCUT2D eigenvalue weighted by molar-refractivity contribution is 0.242. The lowest BCUT2D eigenvalue weighted by atomic mass is 10.1. The Morgan fingerprint density at radius 2 is 1.86 bits per heavy atom. The number of urea groups is 1. The van der Waals surface area contributed by atoms with E-state index in [9.17, 15) is 13.2 Å². The van der Waals surface area contributed by atoms with E-state index in [1.54, 1.807) is 42.6 Å². The summed E-state index contributed by atoms with van der Waals surface area (Å²) in [5.74, 6) is 0. The van der Waals surface area contributed by atoms with Gasteiger partial charge in [-0.25, -0.2) is 17.2 Å². The second-order valence-electron chi connectivity index (χ2n) is 6.50. The highest BCUT2D eigenvalue weighted by atomic mass is 32.2. The van der Waals surface area contributed by atoms with Crippen molar-refractivity contribution in [1.82, 2.24) is 14.6 Å². The van der Waals surface area contributed by atoms with Crippen LogP contribution in [0.25, 0.3) is 10.9 Å². The molecule has 2 amide bonds. The van der Waals surface area contributed by atoms with E-state index in [1.165, 1.54) is 3.97 Å². The third kappa shape index (κ3) is 4.26. The molecule has 0 fully saturated rings. The molecule has 0 saturated carbocycles. The Hall–Kier alpha value is -3.06. The molecule has 0 saturated heterocycles. The predicted octanol–water partition coefficient (Wildman–Crippen LogP) is 3.21. The summed E-state index contributed by atoms with van der Waals surface area (Å²) in [6, 6.07) is 14.0. The average Bonchev–Trinajstić information content (AvgIpc) is 3.11. The third-order valence-corrected chi connectivity index (χ3v) is 6.11. The van der Waals surface area contributed by atoms with E-state index in [-0.39, 0.29) is 10.9 Å². The van der Waals surface area contributed by atoms with Crippen LogP contribution in [0.2, 0.25) is 0 Å². The highest BCUT2D eigenvalue weighted by Crippen LogP contribution is 2.23. The van der Waals surface area contributed by atoms with E-state index in [1.807, 2.05) is 25.1 Å². The number of aromatic nitrogens is 1. The molecule has 6 nitrogen and oxygen atoms in total. The summed E-state index contributed by atoms with van der Waals surface area (Å²) in [5, 5.41) is 6.25. The zero-order valence-electron chi connectivity index (χ0n) is 15.7. The first kappa shape index (κ1) is 19.7. The monoisotopic (exact) mass is 397 g/mol. The molecule has 0 aliphatic rings. The summed E-state index contributed by atoms with van der Waals surface area (Å²) >= 11 is 0. The highest BCUT2D eigenvalue weighted by Gasteiger charge is 2.18. The van der Waals surface area contributed by atoms with Gasteiger partial charge < -0.3 is 10.6 Å². The van der Waals surface area contributed by atoms with Crippen LogP contribution in [0.3, 0.4) is 0 Å². The number of amides is 2. The van der Waals surface area contributed by atoms with Crippen LogP contribution in [-0.4, -0.2) is 31.5 Å². The van der Waals surface area contributed by atoms with Gasteiger partial charge >= 0.3 is 6.03 Å². The molecule has 1 heterocycles. The number of nitrogens with one attached hydrogen (secondary N) is 2. The smallest absolute Gasteiger partial charge is 0.315 e. The van der Waals surface area contributed by atoms with Crippen molar-refractivity contribution < 1.29 is 13.2 Å². The maximum atomic E-state index is 13.0. The topological polar surface area (TPSA) is 80.2 Å². The molecule has 0 bridgehead atoms. The van der Waals surface area contributed by atoms with Gasteiger partial charge in [0.1, 0.15) is 0 Å². The van der Waals surface area contributed by atoms with Crippen molar-refractivity contribution in [3.05, 3.63) is 78.5 Å². The number of carbonyl (C=O) groups excluding carboxylic acids is 1. The van der Waals surface area contributed by atoms with Gasteiger partial charge in [-0.1, -0.05) is 35.9 Å². The van der Waals surface area contributed by atoms with Gasteiger partial charge in [0.25, 0.3) is 10.0 Å². The summed E-state index contributed by atoms with van der Waals surface area (Å²) in [5.41, 5.74) is 2.56. The van der Waals surface area contributed by atoms with Gasteiger partial charge in [-0.15, -0.1) is 6.58 Å². The van der Waals surface area contributed by atoms with Crippen LogP contribution in [0.1, 0.15) is 11.1 Å². The van der Waals surface area contributed by atoms with Crippen molar-refractivity contribution in [2.75, 3.05) is 13.1 Å². The fraction of sp³-hybridized carbons (Fsp3) is 0.190. The van der Waals surface area contributed by atoms with Crippen LogP contribution in [0.15, 0.2) is 72.3 Å². The average molecular weight is 398 g/mol. The van der Waals surface area contributed by atoms with Crippen molar-refractivity contribution >= 4 is 27.0 Å². The van der Waals surface area contributed by atoms with E-state index in [4.69, 9.17) is 0 Å². The van der Waals surface area contributed by atoms with Crippen LogP contribution in [0, 0.1) is 6.92 Å². The van der Waals surface area contributed by atoms with Crippen molar-refractivity contribution in [2.45, 2.75) is 18.2 Å². The van der Waals surface area contributed by atoms with Gasteiger partial charge in [0, 0.05) is 24.7 Å². The molecule has 0 aliphatic heterocycles. The predicted molar refractivity (Wildman–Crippen MR) is 111 cm³/mol. The molecule has 7 heteroatoms. The fourth-order valence-corrected chi connectivity index (χ4v) is 4.23. The molecule has 0 aliphatic carbocycles. The zero-order chi connectivity index (χ0) is 20.1. The molecule has 146 valence electrons. The SMILES string of the molecule is C=CCNC(=O)NCCc1ccc2ccn(S(=O)(=O)c3ccc(C)cc3)c2c1. The Balaban J connectivity index is 1.81. The molecule has 28 heavy (non-hydrogen) atoms. The van der Waals surface area contributed by atoms with Crippen LogP contribution < -0.4 is 10.6 Å². The van der Waals surface area contributed by atoms with Crippen molar-refractivity contribution in [3.8, 4) is 0 Å². The van der Waals surface area contributed by atoms with Gasteiger partial charge in [0.15, 0.2) is 0 Å². The number of carbonyl (C=O) groups is 1. The normalized spacial score (nSPS) is 11.3. The van der Waals surface area contributed by atoms with Gasteiger partial charge in [-0.2, -0.15) is 0 Å². The Labute approximate surface area is 164 Å². The lowest BCUT2D eigenvalue weighted by Gasteiger charge is -2.10. The minimum Gasteiger partial charge on any atom is -0.338 e. The molecule has 0 radical (unpaired) electrons. The Morgan fingerprint density at radius 3 is 2.57 bits per heavy atom. The first-order valence-corrected chi connectivity index (χ1v) is 10.4. The molecular formula is C21H23N3O3S. The largest absolute Gasteiger partial charge is 0.338 e. The molecule has 3 aromatic rings. The molecule has 3 rings (SSSR count). The van der Waals surface area contributed by atoms with Crippen LogP contribution in [0.4, 0.5) is 4.79 Å². The summed E-state index contributed by atoms with van der Waals surface area (Å²) in [4.78, 5) is 11.8. The number of nitrogens with zero attached hydrogens (tertiary/aromatic N) is 1. The minimum atomic E-state index is -3.67. The second kappa shape index (κ2) is 8.31. The van der Waals surface area contributed by atoms with Crippen molar-refractivity contribution in [3.63, 3.8) is 0 Å². The molecule has 2 N–H and O–H groups in total. The van der Waals surface area contributed by atoms with E-state index >= 15 is 0 Å². The number of aryl methyl sites for hydroxylation is 1. The Morgan fingerprint density at radius 1 is 1.11 bits per heavy atom. The van der Waals surface area contributed by atoms with Crippen molar-refractivity contribution in [1.29, 1.82) is 0 Å². The van der Waals surface area contributed by atoms with Gasteiger partial charge in [0.05, 0.1) is 10.4 Å². The minimum absolute atomic E-state index is 0.251.